The molecule has 162 valence electrons. The van der Waals surface area contributed by atoms with Crippen molar-refractivity contribution in [1.29, 1.82) is 0 Å². The van der Waals surface area contributed by atoms with Crippen LogP contribution >= 0.6 is 0 Å². The predicted molar refractivity (Wildman–Crippen MR) is 95.6 cm³/mol. The molecule has 0 spiro atoms. The number of aliphatic hydroxyl groups is 3. The number of nitrogens with one attached hydrogen (secondary N) is 3. The number of amides is 3. The third-order valence-corrected chi connectivity index (χ3v) is 3.73. The zero-order valence-electron chi connectivity index (χ0n) is 15.3. The number of unbranched alkanes of at least 4 members (excludes halogenated alkanes) is 1. The summed E-state index contributed by atoms with van der Waals surface area (Å²) in [5.41, 5.74) is 10.7. The third-order valence-electron chi connectivity index (χ3n) is 3.73. The van der Waals surface area contributed by atoms with Crippen LogP contribution in [0, 0.1) is 0 Å². The molecule has 0 saturated carbocycles. The molecular weight excluding hydrogens is 378 g/mol. The van der Waals surface area contributed by atoms with Crippen molar-refractivity contribution in [1.82, 2.24) is 16.0 Å². The Hall–Kier alpha value is -2.32. The van der Waals surface area contributed by atoms with Gasteiger partial charge in [0.25, 0.3) is 0 Å². The fourth-order valence-electron chi connectivity index (χ4n) is 2.05. The Bertz CT molecular complexity index is 533. The average molecular weight is 407 g/mol. The zero-order chi connectivity index (χ0) is 21.7. The molecule has 0 radical (unpaired) electrons. The maximum Gasteiger partial charge on any atom is 0.328 e. The van der Waals surface area contributed by atoms with Crippen LogP contribution in [0.3, 0.4) is 0 Å². The molecule has 13 nitrogen and oxygen atoms in total. The van der Waals surface area contributed by atoms with Crippen molar-refractivity contribution in [3.63, 3.8) is 0 Å². The highest BCUT2D eigenvalue weighted by Gasteiger charge is 2.29. The molecule has 0 aromatic heterocycles. The van der Waals surface area contributed by atoms with E-state index >= 15 is 0 Å². The lowest BCUT2D eigenvalue weighted by molar-refractivity contribution is -0.143. The maximum absolute atomic E-state index is 12.3. The summed E-state index contributed by atoms with van der Waals surface area (Å²) in [6, 6.07) is -5.49. The van der Waals surface area contributed by atoms with E-state index in [4.69, 9.17) is 26.8 Å². The monoisotopic (exact) mass is 407 g/mol. The summed E-state index contributed by atoms with van der Waals surface area (Å²) in [6.07, 6.45) is 1.07. The van der Waals surface area contributed by atoms with Crippen LogP contribution in [0.2, 0.25) is 0 Å². The predicted octanol–water partition coefficient (Wildman–Crippen LogP) is -5.04. The third kappa shape index (κ3) is 9.05. The van der Waals surface area contributed by atoms with E-state index in [2.05, 4.69) is 16.0 Å². The highest BCUT2D eigenvalue weighted by atomic mass is 16.4. The number of hydrogen-bond donors (Lipinski definition) is 9. The van der Waals surface area contributed by atoms with Gasteiger partial charge in [0.2, 0.25) is 17.7 Å². The normalized spacial score (nSPS) is 15.0. The second-order valence-electron chi connectivity index (χ2n) is 5.96. The van der Waals surface area contributed by atoms with E-state index in [0.717, 1.165) is 0 Å². The Kier molecular flexibility index (Phi) is 12.6. The van der Waals surface area contributed by atoms with Gasteiger partial charge in [0.1, 0.15) is 24.2 Å². The van der Waals surface area contributed by atoms with Crippen LogP contribution in [-0.2, 0) is 19.2 Å². The van der Waals surface area contributed by atoms with Crippen LogP contribution in [0.25, 0.3) is 0 Å². The molecule has 28 heavy (non-hydrogen) atoms. The SMILES string of the molecule is NCCCCC(NC(=O)C(CO)NC(=O)C(N)CO)C(=O)NC(CO)C(=O)O. The Morgan fingerprint density at radius 1 is 0.750 bits per heavy atom. The number of carbonyl (C=O) groups is 4. The summed E-state index contributed by atoms with van der Waals surface area (Å²) in [5.74, 6) is -4.11. The highest BCUT2D eigenvalue weighted by molar-refractivity contribution is 5.94. The summed E-state index contributed by atoms with van der Waals surface area (Å²) < 4.78 is 0. The van der Waals surface area contributed by atoms with E-state index in [9.17, 15) is 24.3 Å². The van der Waals surface area contributed by atoms with Gasteiger partial charge in [-0.2, -0.15) is 0 Å². The molecule has 13 heteroatoms. The second-order valence-corrected chi connectivity index (χ2v) is 5.96. The number of rotatable bonds is 14. The number of aliphatic carboxylic acids is 1. The van der Waals surface area contributed by atoms with Crippen molar-refractivity contribution < 1.29 is 39.6 Å². The molecule has 0 aromatic rings. The Labute approximate surface area is 161 Å². The molecule has 0 aromatic carbocycles. The first kappa shape index (κ1) is 25.7. The maximum atomic E-state index is 12.3. The summed E-state index contributed by atoms with van der Waals surface area (Å²) in [7, 11) is 0. The first-order chi connectivity index (χ1) is 13.2. The summed E-state index contributed by atoms with van der Waals surface area (Å²) in [6.45, 7) is -1.99. The van der Waals surface area contributed by atoms with Gasteiger partial charge < -0.3 is 47.8 Å². The summed E-state index contributed by atoms with van der Waals surface area (Å²) >= 11 is 0. The zero-order valence-corrected chi connectivity index (χ0v) is 15.3. The quantitative estimate of drug-likeness (QED) is 0.124. The van der Waals surface area contributed by atoms with Gasteiger partial charge in [-0.1, -0.05) is 0 Å². The number of aliphatic hydroxyl groups excluding tert-OH is 3. The van der Waals surface area contributed by atoms with Crippen LogP contribution < -0.4 is 27.4 Å². The van der Waals surface area contributed by atoms with E-state index in [1.165, 1.54) is 0 Å². The summed E-state index contributed by atoms with van der Waals surface area (Å²) in [5, 5.41) is 42.6. The smallest absolute Gasteiger partial charge is 0.328 e. The van der Waals surface area contributed by atoms with E-state index < -0.39 is 67.7 Å². The molecule has 0 bridgehead atoms. The van der Waals surface area contributed by atoms with Gasteiger partial charge in [0.05, 0.1) is 19.8 Å². The molecule has 4 atom stereocenters. The van der Waals surface area contributed by atoms with Gasteiger partial charge in [-0.05, 0) is 25.8 Å². The average Bonchev–Trinajstić information content (AvgIpc) is 2.67. The van der Waals surface area contributed by atoms with Crippen molar-refractivity contribution >= 4 is 23.7 Å². The number of carboxylic acids is 1. The standard InChI is InChI=1S/C15H29N5O8/c16-4-2-1-3-9(13(25)20-11(7-23)15(27)28)18-14(26)10(6-22)19-12(24)8(17)5-21/h8-11,21-23H,1-7,16-17H2,(H,18,26)(H,19,24)(H,20,25)(H,27,28). The van der Waals surface area contributed by atoms with Crippen molar-refractivity contribution in [2.24, 2.45) is 11.5 Å². The Morgan fingerprint density at radius 3 is 1.71 bits per heavy atom. The first-order valence-corrected chi connectivity index (χ1v) is 8.63. The highest BCUT2D eigenvalue weighted by Crippen LogP contribution is 2.03. The molecule has 3 amide bonds. The van der Waals surface area contributed by atoms with Gasteiger partial charge in [0, 0.05) is 0 Å². The van der Waals surface area contributed by atoms with Gasteiger partial charge in [0.15, 0.2) is 0 Å². The summed E-state index contributed by atoms with van der Waals surface area (Å²) in [4.78, 5) is 47.2. The van der Waals surface area contributed by atoms with Crippen LogP contribution in [0.15, 0.2) is 0 Å². The lowest BCUT2D eigenvalue weighted by atomic mass is 10.1. The van der Waals surface area contributed by atoms with E-state index in [0.29, 0.717) is 19.4 Å². The van der Waals surface area contributed by atoms with Gasteiger partial charge >= 0.3 is 5.97 Å². The van der Waals surface area contributed by atoms with Crippen molar-refractivity contribution in [2.45, 2.75) is 43.4 Å². The minimum Gasteiger partial charge on any atom is -0.480 e. The van der Waals surface area contributed by atoms with Gasteiger partial charge in [-0.15, -0.1) is 0 Å². The molecule has 11 N–H and O–H groups in total. The van der Waals surface area contributed by atoms with Crippen LogP contribution in [0.1, 0.15) is 19.3 Å². The van der Waals surface area contributed by atoms with Crippen LogP contribution in [0.4, 0.5) is 0 Å². The number of nitrogens with two attached hydrogens (primary N) is 2. The first-order valence-electron chi connectivity index (χ1n) is 8.63. The Balaban J connectivity index is 5.12. The largest absolute Gasteiger partial charge is 0.480 e. The lowest BCUT2D eigenvalue weighted by Gasteiger charge is -2.24. The van der Waals surface area contributed by atoms with E-state index in [1.54, 1.807) is 0 Å². The molecule has 0 fully saturated rings. The van der Waals surface area contributed by atoms with Crippen LogP contribution in [0.5, 0.6) is 0 Å². The number of carboxylic acid groups (broad SMARTS) is 1. The fraction of sp³-hybridized carbons (Fsp3) is 0.733. The minimum absolute atomic E-state index is 0.106. The minimum atomic E-state index is -1.56. The molecule has 0 saturated heterocycles. The topological polar surface area (TPSA) is 237 Å². The second kappa shape index (κ2) is 13.8. The lowest BCUT2D eigenvalue weighted by Crippen LogP contribution is -2.58. The van der Waals surface area contributed by atoms with Crippen molar-refractivity contribution in [2.75, 3.05) is 26.4 Å². The molecule has 0 rings (SSSR count). The van der Waals surface area contributed by atoms with Crippen molar-refractivity contribution in [3.8, 4) is 0 Å². The molecule has 4 unspecified atom stereocenters. The van der Waals surface area contributed by atoms with Crippen molar-refractivity contribution in [3.05, 3.63) is 0 Å². The Morgan fingerprint density at radius 2 is 1.25 bits per heavy atom. The van der Waals surface area contributed by atoms with E-state index in [-0.39, 0.29) is 6.42 Å². The molecule has 0 aliphatic carbocycles. The molecule has 0 aliphatic rings. The van der Waals surface area contributed by atoms with Crippen LogP contribution in [-0.4, -0.2) is 94.6 Å². The van der Waals surface area contributed by atoms with Gasteiger partial charge in [-0.25, -0.2) is 4.79 Å². The number of carbonyl (C=O) groups excluding carboxylic acids is 3. The van der Waals surface area contributed by atoms with E-state index in [1.807, 2.05) is 0 Å². The number of hydrogen-bond acceptors (Lipinski definition) is 9. The molecule has 0 aliphatic heterocycles. The molecular formula is C15H29N5O8. The molecule has 0 heterocycles. The fourth-order valence-corrected chi connectivity index (χ4v) is 2.05. The van der Waals surface area contributed by atoms with Gasteiger partial charge in [-0.3, -0.25) is 14.4 Å².